The lowest BCUT2D eigenvalue weighted by Gasteiger charge is -2.25. The van der Waals surface area contributed by atoms with Crippen LogP contribution < -0.4 is 0 Å². The van der Waals surface area contributed by atoms with Gasteiger partial charge in [-0.15, -0.1) is 0 Å². The zero-order chi connectivity index (χ0) is 13.2. The number of nitrogens with zero attached hydrogens (tertiary/aromatic N) is 1. The maximum Gasteiger partial charge on any atom is 0.0594 e. The van der Waals surface area contributed by atoms with Crippen molar-refractivity contribution in [3.05, 3.63) is 35.0 Å². The van der Waals surface area contributed by atoms with Gasteiger partial charge in [0.1, 0.15) is 0 Å². The standard InChI is InChI=1S/C16H22N2O/c1-3-13-10-16-14(8-12(13)2)9-15(17-16)11-18-4-6-19-7-5-18/h8-10,17H,3-7,11H2,1-2H3. The maximum atomic E-state index is 5.39. The molecule has 1 aliphatic rings. The van der Waals surface area contributed by atoms with Gasteiger partial charge in [0, 0.05) is 30.8 Å². The molecule has 3 heteroatoms. The number of hydrogen-bond donors (Lipinski definition) is 1. The van der Waals surface area contributed by atoms with E-state index < -0.39 is 0 Å². The fourth-order valence-corrected chi connectivity index (χ4v) is 2.87. The van der Waals surface area contributed by atoms with Crippen LogP contribution in [0.15, 0.2) is 18.2 Å². The van der Waals surface area contributed by atoms with Crippen LogP contribution in [0.3, 0.4) is 0 Å². The topological polar surface area (TPSA) is 28.3 Å². The van der Waals surface area contributed by atoms with Gasteiger partial charge >= 0.3 is 0 Å². The number of ether oxygens (including phenoxy) is 1. The van der Waals surface area contributed by atoms with Gasteiger partial charge in [-0.2, -0.15) is 0 Å². The van der Waals surface area contributed by atoms with Crippen molar-refractivity contribution < 1.29 is 4.74 Å². The predicted molar refractivity (Wildman–Crippen MR) is 78.5 cm³/mol. The van der Waals surface area contributed by atoms with E-state index in [4.69, 9.17) is 4.74 Å². The average Bonchev–Trinajstić information content (AvgIpc) is 2.80. The summed E-state index contributed by atoms with van der Waals surface area (Å²) in [5.41, 5.74) is 5.41. The minimum atomic E-state index is 0.860. The molecule has 1 saturated heterocycles. The minimum absolute atomic E-state index is 0.860. The molecule has 1 fully saturated rings. The summed E-state index contributed by atoms with van der Waals surface area (Å²) in [6.45, 7) is 9.21. The fourth-order valence-electron chi connectivity index (χ4n) is 2.87. The van der Waals surface area contributed by atoms with Gasteiger partial charge in [-0.25, -0.2) is 0 Å². The predicted octanol–water partition coefficient (Wildman–Crippen LogP) is 2.87. The number of fused-ring (bicyclic) bond motifs is 1. The molecule has 0 aliphatic carbocycles. The van der Waals surface area contributed by atoms with E-state index in [2.05, 4.69) is 41.9 Å². The van der Waals surface area contributed by atoms with Crippen LogP contribution in [0.25, 0.3) is 10.9 Å². The van der Waals surface area contributed by atoms with Crippen molar-refractivity contribution in [1.82, 2.24) is 9.88 Å². The molecular formula is C16H22N2O. The summed E-state index contributed by atoms with van der Waals surface area (Å²) in [7, 11) is 0. The first-order valence-corrected chi connectivity index (χ1v) is 7.17. The van der Waals surface area contributed by atoms with Crippen molar-refractivity contribution in [1.29, 1.82) is 0 Å². The van der Waals surface area contributed by atoms with Gasteiger partial charge in [0.25, 0.3) is 0 Å². The summed E-state index contributed by atoms with van der Waals surface area (Å²) in [5.74, 6) is 0. The van der Waals surface area contributed by atoms with E-state index in [1.807, 2.05) is 0 Å². The summed E-state index contributed by atoms with van der Waals surface area (Å²) in [6, 6.07) is 6.89. The van der Waals surface area contributed by atoms with E-state index in [1.54, 1.807) is 0 Å². The molecule has 0 saturated carbocycles. The highest BCUT2D eigenvalue weighted by Crippen LogP contribution is 2.22. The Kier molecular flexibility index (Phi) is 3.58. The average molecular weight is 258 g/mol. The Morgan fingerprint density at radius 1 is 1.21 bits per heavy atom. The van der Waals surface area contributed by atoms with E-state index in [9.17, 15) is 0 Å². The lowest BCUT2D eigenvalue weighted by atomic mass is 10.0. The van der Waals surface area contributed by atoms with E-state index in [1.165, 1.54) is 27.7 Å². The van der Waals surface area contributed by atoms with E-state index in [-0.39, 0.29) is 0 Å². The lowest BCUT2D eigenvalue weighted by molar-refractivity contribution is 0.0337. The molecule has 0 amide bonds. The molecule has 3 nitrogen and oxygen atoms in total. The molecular weight excluding hydrogens is 236 g/mol. The van der Waals surface area contributed by atoms with Crippen molar-refractivity contribution in [3.63, 3.8) is 0 Å². The minimum Gasteiger partial charge on any atom is -0.379 e. The summed E-state index contributed by atoms with van der Waals surface area (Å²) in [5, 5.41) is 1.33. The first kappa shape index (κ1) is 12.7. The second-order valence-corrected chi connectivity index (χ2v) is 5.40. The Morgan fingerprint density at radius 2 is 2.00 bits per heavy atom. The second-order valence-electron chi connectivity index (χ2n) is 5.40. The van der Waals surface area contributed by atoms with Crippen LogP contribution in [0.5, 0.6) is 0 Å². The number of rotatable bonds is 3. The summed E-state index contributed by atoms with van der Waals surface area (Å²) >= 11 is 0. The molecule has 19 heavy (non-hydrogen) atoms. The number of benzene rings is 1. The van der Waals surface area contributed by atoms with Gasteiger partial charge in [-0.05, 0) is 48.1 Å². The normalized spacial score (nSPS) is 17.2. The molecule has 3 rings (SSSR count). The number of morpholine rings is 1. The van der Waals surface area contributed by atoms with Gasteiger partial charge in [0.2, 0.25) is 0 Å². The monoisotopic (exact) mass is 258 g/mol. The SMILES string of the molecule is CCc1cc2[nH]c(CN3CCOCC3)cc2cc1C. The zero-order valence-electron chi connectivity index (χ0n) is 11.8. The van der Waals surface area contributed by atoms with Crippen molar-refractivity contribution in [2.24, 2.45) is 0 Å². The summed E-state index contributed by atoms with van der Waals surface area (Å²) in [6.07, 6.45) is 1.10. The maximum absolute atomic E-state index is 5.39. The van der Waals surface area contributed by atoms with Crippen molar-refractivity contribution in [2.45, 2.75) is 26.8 Å². The molecule has 0 radical (unpaired) electrons. The van der Waals surface area contributed by atoms with Gasteiger partial charge in [-0.3, -0.25) is 4.90 Å². The van der Waals surface area contributed by atoms with Crippen molar-refractivity contribution in [2.75, 3.05) is 26.3 Å². The molecule has 0 unspecified atom stereocenters. The number of aryl methyl sites for hydroxylation is 2. The molecule has 1 aromatic heterocycles. The lowest BCUT2D eigenvalue weighted by Crippen LogP contribution is -2.35. The van der Waals surface area contributed by atoms with Crippen molar-refractivity contribution >= 4 is 10.9 Å². The summed E-state index contributed by atoms with van der Waals surface area (Å²) < 4.78 is 5.39. The Balaban J connectivity index is 1.84. The molecule has 2 aromatic rings. The molecule has 1 N–H and O–H groups in total. The van der Waals surface area contributed by atoms with Crippen LogP contribution in [0.4, 0.5) is 0 Å². The third-order valence-corrected chi connectivity index (χ3v) is 4.01. The second kappa shape index (κ2) is 5.35. The van der Waals surface area contributed by atoms with Crippen LogP contribution in [0.2, 0.25) is 0 Å². The Bertz CT molecular complexity index is 567. The number of hydrogen-bond acceptors (Lipinski definition) is 2. The fraction of sp³-hybridized carbons (Fsp3) is 0.500. The Morgan fingerprint density at radius 3 is 2.74 bits per heavy atom. The van der Waals surface area contributed by atoms with Gasteiger partial charge < -0.3 is 9.72 Å². The number of aromatic nitrogens is 1. The molecule has 2 heterocycles. The Hall–Kier alpha value is -1.32. The summed E-state index contributed by atoms with van der Waals surface area (Å²) in [4.78, 5) is 6.01. The molecule has 0 bridgehead atoms. The highest BCUT2D eigenvalue weighted by atomic mass is 16.5. The van der Waals surface area contributed by atoms with E-state index in [0.29, 0.717) is 0 Å². The highest BCUT2D eigenvalue weighted by Gasteiger charge is 2.12. The molecule has 102 valence electrons. The largest absolute Gasteiger partial charge is 0.379 e. The van der Waals surface area contributed by atoms with Crippen LogP contribution >= 0.6 is 0 Å². The Labute approximate surface area is 114 Å². The van der Waals surface area contributed by atoms with Crippen molar-refractivity contribution in [3.8, 4) is 0 Å². The third kappa shape index (κ3) is 2.67. The van der Waals surface area contributed by atoms with Crippen LogP contribution in [-0.2, 0) is 17.7 Å². The first-order valence-electron chi connectivity index (χ1n) is 7.17. The molecule has 1 aliphatic heterocycles. The van der Waals surface area contributed by atoms with E-state index in [0.717, 1.165) is 39.3 Å². The third-order valence-electron chi connectivity index (χ3n) is 4.01. The molecule has 0 spiro atoms. The van der Waals surface area contributed by atoms with Gasteiger partial charge in [0.15, 0.2) is 0 Å². The molecule has 1 aromatic carbocycles. The van der Waals surface area contributed by atoms with Crippen LogP contribution in [0.1, 0.15) is 23.7 Å². The smallest absolute Gasteiger partial charge is 0.0594 e. The first-order chi connectivity index (χ1) is 9.26. The number of nitrogens with one attached hydrogen (secondary N) is 1. The van der Waals surface area contributed by atoms with Crippen LogP contribution in [-0.4, -0.2) is 36.2 Å². The van der Waals surface area contributed by atoms with Gasteiger partial charge in [-0.1, -0.05) is 6.92 Å². The van der Waals surface area contributed by atoms with Crippen LogP contribution in [0, 0.1) is 6.92 Å². The molecule has 0 atom stereocenters. The zero-order valence-corrected chi connectivity index (χ0v) is 11.8. The van der Waals surface area contributed by atoms with Gasteiger partial charge in [0.05, 0.1) is 13.2 Å². The highest BCUT2D eigenvalue weighted by molar-refractivity contribution is 5.82. The number of H-pyrrole nitrogens is 1. The quantitative estimate of drug-likeness (QED) is 0.917. The number of aromatic amines is 1. The van der Waals surface area contributed by atoms with E-state index >= 15 is 0 Å².